The highest BCUT2D eigenvalue weighted by Gasteiger charge is 2.50. The minimum atomic E-state index is -0.640. The highest BCUT2D eigenvalue weighted by Crippen LogP contribution is 2.63. The monoisotopic (exact) mass is 815 g/mol. The van der Waals surface area contributed by atoms with E-state index in [4.69, 9.17) is 8.83 Å². The molecule has 2 aliphatic rings. The Hall–Kier alpha value is -8.40. The van der Waals surface area contributed by atoms with Crippen molar-refractivity contribution in [3.63, 3.8) is 0 Å². The van der Waals surface area contributed by atoms with Crippen LogP contribution in [0.4, 0.5) is 17.1 Å². The van der Waals surface area contributed by atoms with Gasteiger partial charge in [-0.2, -0.15) is 0 Å². The minimum absolute atomic E-state index is 0.640. The number of hydrogen-bond donors (Lipinski definition) is 0. The van der Waals surface area contributed by atoms with Crippen LogP contribution in [0.25, 0.3) is 88.4 Å². The molecule has 1 unspecified atom stereocenters. The van der Waals surface area contributed by atoms with Gasteiger partial charge in [-0.25, -0.2) is 0 Å². The van der Waals surface area contributed by atoms with E-state index in [1.54, 1.807) is 0 Å². The lowest BCUT2D eigenvalue weighted by atomic mass is 9.66. The predicted octanol–water partition coefficient (Wildman–Crippen LogP) is 16.6. The molecule has 0 amide bonds. The normalized spacial score (nSPS) is 14.6. The topological polar surface area (TPSA) is 29.5 Å². The van der Waals surface area contributed by atoms with Crippen molar-refractivity contribution in [3.8, 4) is 44.5 Å². The van der Waals surface area contributed by atoms with Gasteiger partial charge in [0.25, 0.3) is 0 Å². The average Bonchev–Trinajstić information content (AvgIpc) is 4.00. The van der Waals surface area contributed by atoms with Gasteiger partial charge < -0.3 is 13.7 Å². The van der Waals surface area contributed by atoms with Gasteiger partial charge in [-0.05, 0) is 127 Å². The average molecular weight is 816 g/mol. The third kappa shape index (κ3) is 4.81. The maximum Gasteiger partial charge on any atom is 0.136 e. The number of para-hydroxylation sites is 2. The third-order valence-electron chi connectivity index (χ3n) is 13.9. The van der Waals surface area contributed by atoms with Crippen molar-refractivity contribution in [2.45, 2.75) is 5.41 Å². The Balaban J connectivity index is 1.07. The summed E-state index contributed by atoms with van der Waals surface area (Å²) in [5.74, 6) is 0. The maximum absolute atomic E-state index is 6.58. The van der Waals surface area contributed by atoms with Crippen molar-refractivity contribution < 1.29 is 8.83 Å². The zero-order chi connectivity index (χ0) is 41.9. The molecule has 2 aliphatic carbocycles. The molecule has 0 aliphatic heterocycles. The van der Waals surface area contributed by atoms with Gasteiger partial charge in [0.05, 0.1) is 5.41 Å². The molecule has 3 nitrogen and oxygen atoms in total. The van der Waals surface area contributed by atoms with Gasteiger partial charge in [0.1, 0.15) is 22.3 Å². The molecule has 1 spiro atoms. The summed E-state index contributed by atoms with van der Waals surface area (Å²) in [4.78, 5) is 2.40. The quantitative estimate of drug-likeness (QED) is 0.177. The molecule has 0 radical (unpaired) electrons. The molecule has 0 bridgehead atoms. The first kappa shape index (κ1) is 35.2. The van der Waals surface area contributed by atoms with Gasteiger partial charge in [-0.15, -0.1) is 0 Å². The molecule has 2 aromatic heterocycles. The van der Waals surface area contributed by atoms with Crippen LogP contribution < -0.4 is 4.90 Å². The van der Waals surface area contributed by atoms with Gasteiger partial charge in [0.15, 0.2) is 0 Å². The lowest BCUT2D eigenvalue weighted by molar-refractivity contribution is 0.668. The summed E-state index contributed by atoms with van der Waals surface area (Å²) < 4.78 is 12.9. The largest absolute Gasteiger partial charge is 0.456 e. The molecule has 0 saturated carbocycles. The fourth-order valence-corrected chi connectivity index (χ4v) is 11.3. The van der Waals surface area contributed by atoms with Crippen LogP contribution in [0, 0.1) is 0 Å². The van der Waals surface area contributed by atoms with Crippen LogP contribution in [0.5, 0.6) is 0 Å². The Labute approximate surface area is 369 Å². The fourth-order valence-electron chi connectivity index (χ4n) is 11.3. The summed E-state index contributed by atoms with van der Waals surface area (Å²) in [6.45, 7) is 0. The first-order valence-electron chi connectivity index (χ1n) is 22.0. The Morgan fingerprint density at radius 1 is 0.297 bits per heavy atom. The van der Waals surface area contributed by atoms with Crippen LogP contribution in [0.15, 0.2) is 233 Å². The second kappa shape index (κ2) is 13.3. The van der Waals surface area contributed by atoms with Crippen LogP contribution in [0.1, 0.15) is 22.3 Å². The zero-order valence-electron chi connectivity index (χ0n) is 34.6. The van der Waals surface area contributed by atoms with Crippen LogP contribution in [-0.4, -0.2) is 0 Å². The standard InChI is InChI=1S/C61H37NO2/c1-2-14-38(15-3-1)39-26-28-40(29-27-39)62(42-31-34-57-50(37-42)46-19-8-12-24-55(46)63-57)41-30-32-53-49(36-41)44-17-5-4-16-43(44)45-18-6-10-22-51(45)61(53)52-23-11-7-20-47(52)59-54(61)33-35-58-60(59)48-21-9-13-25-56(48)64-58/h1-37H. The third-order valence-corrected chi connectivity index (χ3v) is 13.9. The lowest BCUT2D eigenvalue weighted by Gasteiger charge is -2.36. The van der Waals surface area contributed by atoms with Gasteiger partial charge >= 0.3 is 0 Å². The van der Waals surface area contributed by atoms with E-state index in [1.165, 1.54) is 72.1 Å². The minimum Gasteiger partial charge on any atom is -0.456 e. The van der Waals surface area contributed by atoms with E-state index in [1.807, 2.05) is 12.1 Å². The molecule has 3 heteroatoms. The first-order valence-corrected chi connectivity index (χ1v) is 22.0. The molecule has 2 heterocycles. The summed E-state index contributed by atoms with van der Waals surface area (Å²) in [7, 11) is 0. The van der Waals surface area contributed by atoms with Crippen LogP contribution >= 0.6 is 0 Å². The second-order valence-corrected chi connectivity index (χ2v) is 17.1. The van der Waals surface area contributed by atoms with Crippen LogP contribution in [-0.2, 0) is 5.41 Å². The molecule has 10 aromatic carbocycles. The van der Waals surface area contributed by atoms with E-state index >= 15 is 0 Å². The van der Waals surface area contributed by atoms with Crippen LogP contribution in [0.3, 0.4) is 0 Å². The van der Waals surface area contributed by atoms with E-state index in [9.17, 15) is 0 Å². The lowest BCUT2D eigenvalue weighted by Crippen LogP contribution is -2.29. The fraction of sp³-hybridized carbons (Fsp3) is 0.0164. The summed E-state index contributed by atoms with van der Waals surface area (Å²) in [6.07, 6.45) is 0. The molecule has 1 atom stereocenters. The molecule has 12 aromatic rings. The number of rotatable bonds is 4. The number of anilines is 3. The van der Waals surface area contributed by atoms with Crippen LogP contribution in [0.2, 0.25) is 0 Å². The Morgan fingerprint density at radius 2 is 0.797 bits per heavy atom. The molecule has 0 fully saturated rings. The van der Waals surface area contributed by atoms with Crippen molar-refractivity contribution in [1.29, 1.82) is 0 Å². The van der Waals surface area contributed by atoms with Crippen molar-refractivity contribution in [3.05, 3.63) is 247 Å². The summed E-state index contributed by atoms with van der Waals surface area (Å²) >= 11 is 0. The number of furan rings is 2. The molecular weight excluding hydrogens is 779 g/mol. The van der Waals surface area contributed by atoms with Crippen molar-refractivity contribution >= 4 is 60.9 Å². The van der Waals surface area contributed by atoms with E-state index < -0.39 is 5.41 Å². The number of fused-ring (bicyclic) bond motifs is 19. The predicted molar refractivity (Wildman–Crippen MR) is 263 cm³/mol. The van der Waals surface area contributed by atoms with Crippen molar-refractivity contribution in [2.75, 3.05) is 4.90 Å². The Morgan fingerprint density at radius 3 is 1.59 bits per heavy atom. The summed E-state index contributed by atoms with van der Waals surface area (Å²) in [6, 6.07) is 81.8. The van der Waals surface area contributed by atoms with Crippen molar-refractivity contribution in [1.82, 2.24) is 0 Å². The maximum atomic E-state index is 6.58. The van der Waals surface area contributed by atoms with E-state index in [0.29, 0.717) is 0 Å². The molecule has 0 N–H and O–H groups in total. The number of nitrogens with zero attached hydrogens (tertiary/aromatic N) is 1. The molecule has 0 saturated heterocycles. The second-order valence-electron chi connectivity index (χ2n) is 17.1. The highest BCUT2D eigenvalue weighted by atomic mass is 16.3. The van der Waals surface area contributed by atoms with Gasteiger partial charge in [0, 0.05) is 38.6 Å². The van der Waals surface area contributed by atoms with Gasteiger partial charge in [0.2, 0.25) is 0 Å². The number of benzene rings is 10. The summed E-state index contributed by atoms with van der Waals surface area (Å²) in [5, 5.41) is 4.50. The Kier molecular flexibility index (Phi) is 7.32. The summed E-state index contributed by atoms with van der Waals surface area (Å²) in [5.41, 5.74) is 20.9. The van der Waals surface area contributed by atoms with E-state index in [2.05, 4.69) is 217 Å². The van der Waals surface area contributed by atoms with E-state index in [0.717, 1.165) is 55.6 Å². The van der Waals surface area contributed by atoms with Gasteiger partial charge in [-0.3, -0.25) is 0 Å². The smallest absolute Gasteiger partial charge is 0.136 e. The molecule has 64 heavy (non-hydrogen) atoms. The first-order chi connectivity index (χ1) is 31.7. The SMILES string of the molecule is c1ccc(-c2ccc(N(c3ccc4c(c3)-c3ccccc3-c3ccccc3C43c4ccccc4-c4c3ccc3oc5ccccc5c43)c3ccc4oc5ccccc5c4c3)cc2)cc1. The van der Waals surface area contributed by atoms with Crippen molar-refractivity contribution in [2.24, 2.45) is 0 Å². The zero-order valence-corrected chi connectivity index (χ0v) is 34.6. The Bertz CT molecular complexity index is 3860. The molecule has 298 valence electrons. The van der Waals surface area contributed by atoms with Gasteiger partial charge in [-0.1, -0.05) is 164 Å². The molecule has 14 rings (SSSR count). The number of hydrogen-bond acceptors (Lipinski definition) is 3. The van der Waals surface area contributed by atoms with E-state index in [-0.39, 0.29) is 0 Å². The molecular formula is C61H37NO2. The highest BCUT2D eigenvalue weighted by molar-refractivity contribution is 6.16.